The van der Waals surface area contributed by atoms with E-state index in [0.29, 0.717) is 5.69 Å². The van der Waals surface area contributed by atoms with Crippen molar-refractivity contribution in [1.29, 1.82) is 0 Å². The van der Waals surface area contributed by atoms with Crippen LogP contribution in [0.3, 0.4) is 0 Å². The van der Waals surface area contributed by atoms with Crippen LogP contribution >= 0.6 is 0 Å². The fourth-order valence-corrected chi connectivity index (χ4v) is 5.02. The van der Waals surface area contributed by atoms with Crippen molar-refractivity contribution in [3.05, 3.63) is 41.5 Å². The minimum Gasteiger partial charge on any atom is -0.355 e. The highest BCUT2D eigenvalue weighted by Gasteiger charge is 2.32. The van der Waals surface area contributed by atoms with Crippen molar-refractivity contribution in [2.24, 2.45) is 5.73 Å². The maximum atomic E-state index is 13.5. The van der Waals surface area contributed by atoms with Gasteiger partial charge in [-0.3, -0.25) is 9.48 Å². The van der Waals surface area contributed by atoms with E-state index < -0.39 is 0 Å². The van der Waals surface area contributed by atoms with E-state index in [4.69, 9.17) is 15.8 Å². The number of anilines is 1. The van der Waals surface area contributed by atoms with Crippen LogP contribution in [0.4, 0.5) is 5.82 Å². The third-order valence-corrected chi connectivity index (χ3v) is 6.62. The molecule has 32 heavy (non-hydrogen) atoms. The van der Waals surface area contributed by atoms with Gasteiger partial charge in [-0.05, 0) is 45.1 Å². The Morgan fingerprint density at radius 2 is 2.12 bits per heavy atom. The molecule has 2 fully saturated rings. The number of aromatic nitrogens is 5. The Bertz CT molecular complexity index is 1120. The molecule has 0 bridgehead atoms. The topological polar surface area (TPSA) is 97.6 Å². The maximum absolute atomic E-state index is 13.5. The lowest BCUT2D eigenvalue weighted by Crippen LogP contribution is -2.39. The number of nitrogens with two attached hydrogens (primary N) is 1. The van der Waals surface area contributed by atoms with Gasteiger partial charge in [-0.1, -0.05) is 6.92 Å². The second kappa shape index (κ2) is 8.54. The molecule has 3 aromatic rings. The predicted molar refractivity (Wildman–Crippen MR) is 123 cm³/mol. The van der Waals surface area contributed by atoms with Gasteiger partial charge in [0.1, 0.15) is 11.5 Å². The van der Waals surface area contributed by atoms with Gasteiger partial charge in [-0.25, -0.2) is 9.50 Å². The summed E-state index contributed by atoms with van der Waals surface area (Å²) in [6, 6.07) is 4.02. The standard InChI is InChI=1S/C23H32N8O/c1-3-10-30-20(7-9-25-30)23(32)29-11-5-4-6-19(29)18-13-21-26-22(16(2)14-31(21)27-18)28-12-8-17(24)15-28/h7,9,13-14,17,19H,3-6,8,10-12,15,24H2,1-2H3/t17-,19-/m0/s1. The first kappa shape index (κ1) is 20.9. The first-order chi connectivity index (χ1) is 15.5. The molecule has 2 saturated heterocycles. The van der Waals surface area contributed by atoms with E-state index in [1.54, 1.807) is 6.20 Å². The molecule has 2 N–H and O–H groups in total. The van der Waals surface area contributed by atoms with Gasteiger partial charge in [0.25, 0.3) is 5.91 Å². The first-order valence-electron chi connectivity index (χ1n) is 11.8. The molecule has 0 aromatic carbocycles. The monoisotopic (exact) mass is 436 g/mol. The third-order valence-electron chi connectivity index (χ3n) is 6.62. The van der Waals surface area contributed by atoms with Crippen LogP contribution in [0.15, 0.2) is 24.5 Å². The molecular formula is C23H32N8O. The second-order valence-electron chi connectivity index (χ2n) is 9.06. The van der Waals surface area contributed by atoms with Crippen LogP contribution in [0, 0.1) is 6.92 Å². The van der Waals surface area contributed by atoms with Crippen LogP contribution in [-0.2, 0) is 6.54 Å². The van der Waals surface area contributed by atoms with E-state index >= 15 is 0 Å². The fraction of sp³-hybridized carbons (Fsp3) is 0.565. The Balaban J connectivity index is 1.46. The summed E-state index contributed by atoms with van der Waals surface area (Å²) >= 11 is 0. The summed E-state index contributed by atoms with van der Waals surface area (Å²) in [5.74, 6) is 1.02. The molecular weight excluding hydrogens is 404 g/mol. The highest BCUT2D eigenvalue weighted by atomic mass is 16.2. The SMILES string of the molecule is CCCn1nccc1C(=O)N1CCCC[C@H]1c1cc2nc(N3CC[C@H](N)C3)c(C)cn2n1. The van der Waals surface area contributed by atoms with Gasteiger partial charge < -0.3 is 15.5 Å². The summed E-state index contributed by atoms with van der Waals surface area (Å²) in [5, 5.41) is 9.19. The van der Waals surface area contributed by atoms with E-state index in [1.165, 1.54) is 0 Å². The highest BCUT2D eigenvalue weighted by molar-refractivity contribution is 5.93. The van der Waals surface area contributed by atoms with Crippen molar-refractivity contribution >= 4 is 17.4 Å². The summed E-state index contributed by atoms with van der Waals surface area (Å²) in [7, 11) is 0. The average molecular weight is 437 g/mol. The molecule has 0 aliphatic carbocycles. The molecule has 2 aliphatic rings. The molecule has 0 spiro atoms. The highest BCUT2D eigenvalue weighted by Crippen LogP contribution is 2.32. The molecule has 2 aliphatic heterocycles. The summed E-state index contributed by atoms with van der Waals surface area (Å²) in [6.07, 6.45) is 8.68. The zero-order valence-corrected chi connectivity index (χ0v) is 18.9. The van der Waals surface area contributed by atoms with Gasteiger partial charge in [0.05, 0.1) is 11.7 Å². The number of piperidine rings is 1. The lowest BCUT2D eigenvalue weighted by molar-refractivity contribution is 0.0592. The molecule has 5 rings (SSSR count). The quantitative estimate of drug-likeness (QED) is 0.660. The smallest absolute Gasteiger partial charge is 0.272 e. The number of carbonyl (C=O) groups excluding carboxylic acids is 1. The largest absolute Gasteiger partial charge is 0.355 e. The lowest BCUT2D eigenvalue weighted by Gasteiger charge is -2.34. The van der Waals surface area contributed by atoms with Crippen LogP contribution < -0.4 is 10.6 Å². The summed E-state index contributed by atoms with van der Waals surface area (Å²) in [5.41, 5.74) is 9.57. The number of likely N-dealkylation sites (tertiary alicyclic amines) is 1. The van der Waals surface area contributed by atoms with Crippen molar-refractivity contribution in [2.45, 2.75) is 64.6 Å². The Labute approximate surface area is 188 Å². The number of amides is 1. The van der Waals surface area contributed by atoms with Crippen molar-refractivity contribution in [2.75, 3.05) is 24.5 Å². The minimum atomic E-state index is -0.0492. The third kappa shape index (κ3) is 3.74. The van der Waals surface area contributed by atoms with Crippen molar-refractivity contribution in [3.63, 3.8) is 0 Å². The summed E-state index contributed by atoms with van der Waals surface area (Å²) in [4.78, 5) is 22.6. The molecule has 9 nitrogen and oxygen atoms in total. The molecule has 0 saturated carbocycles. The van der Waals surface area contributed by atoms with E-state index in [1.807, 2.05) is 32.4 Å². The van der Waals surface area contributed by atoms with Gasteiger partial charge in [0, 0.05) is 56.2 Å². The van der Waals surface area contributed by atoms with Crippen LogP contribution in [0.1, 0.15) is 66.8 Å². The number of rotatable bonds is 5. The average Bonchev–Trinajstić information content (AvgIpc) is 3.52. The minimum absolute atomic E-state index is 0.0357. The lowest BCUT2D eigenvalue weighted by atomic mass is 9.99. The zero-order chi connectivity index (χ0) is 22.2. The Morgan fingerprint density at radius 1 is 1.25 bits per heavy atom. The Hall–Kier alpha value is -2.94. The maximum Gasteiger partial charge on any atom is 0.272 e. The molecule has 0 radical (unpaired) electrons. The van der Waals surface area contributed by atoms with Crippen molar-refractivity contribution in [1.82, 2.24) is 29.3 Å². The Morgan fingerprint density at radius 3 is 2.91 bits per heavy atom. The normalized spacial score (nSPS) is 21.6. The van der Waals surface area contributed by atoms with Crippen LogP contribution in [0.2, 0.25) is 0 Å². The van der Waals surface area contributed by atoms with Crippen LogP contribution in [0.25, 0.3) is 5.65 Å². The van der Waals surface area contributed by atoms with Gasteiger partial charge in [-0.15, -0.1) is 0 Å². The van der Waals surface area contributed by atoms with Gasteiger partial charge in [0.15, 0.2) is 5.65 Å². The summed E-state index contributed by atoms with van der Waals surface area (Å²) < 4.78 is 3.67. The Kier molecular flexibility index (Phi) is 5.58. The molecule has 5 heterocycles. The number of aryl methyl sites for hydroxylation is 2. The molecule has 170 valence electrons. The molecule has 2 atom stereocenters. The number of nitrogens with zero attached hydrogens (tertiary/aromatic N) is 7. The second-order valence-corrected chi connectivity index (χ2v) is 9.06. The summed E-state index contributed by atoms with van der Waals surface area (Å²) in [6.45, 7) is 7.41. The van der Waals surface area contributed by atoms with Crippen LogP contribution in [-0.4, -0.2) is 60.9 Å². The number of hydrogen-bond acceptors (Lipinski definition) is 6. The van der Waals surface area contributed by atoms with E-state index in [-0.39, 0.29) is 18.0 Å². The molecule has 3 aromatic heterocycles. The zero-order valence-electron chi connectivity index (χ0n) is 18.9. The van der Waals surface area contributed by atoms with Crippen molar-refractivity contribution < 1.29 is 4.79 Å². The number of fused-ring (bicyclic) bond motifs is 1. The van der Waals surface area contributed by atoms with Gasteiger partial charge in [-0.2, -0.15) is 10.2 Å². The molecule has 1 amide bonds. The van der Waals surface area contributed by atoms with Crippen molar-refractivity contribution in [3.8, 4) is 0 Å². The molecule has 0 unspecified atom stereocenters. The van der Waals surface area contributed by atoms with E-state index in [2.05, 4.69) is 23.8 Å². The van der Waals surface area contributed by atoms with E-state index in [0.717, 1.165) is 81.0 Å². The fourth-order valence-electron chi connectivity index (χ4n) is 5.02. The first-order valence-corrected chi connectivity index (χ1v) is 11.8. The van der Waals surface area contributed by atoms with Crippen LogP contribution in [0.5, 0.6) is 0 Å². The number of carbonyl (C=O) groups is 1. The predicted octanol–water partition coefficient (Wildman–Crippen LogP) is 2.55. The van der Waals surface area contributed by atoms with Gasteiger partial charge >= 0.3 is 0 Å². The van der Waals surface area contributed by atoms with E-state index in [9.17, 15) is 4.79 Å². The van der Waals surface area contributed by atoms with Gasteiger partial charge in [0.2, 0.25) is 0 Å². The molecule has 9 heteroatoms. The number of hydrogen-bond donors (Lipinski definition) is 1.